The quantitative estimate of drug-likeness (QED) is 0.119. The maximum absolute atomic E-state index is 11.5. The summed E-state index contributed by atoms with van der Waals surface area (Å²) in [5.41, 5.74) is 10.5. The molecule has 0 heterocycles. The summed E-state index contributed by atoms with van der Waals surface area (Å²) in [7, 11) is 3.35. The van der Waals surface area contributed by atoms with Gasteiger partial charge in [-0.25, -0.2) is 9.59 Å². The Labute approximate surface area is 195 Å². The van der Waals surface area contributed by atoms with Gasteiger partial charge >= 0.3 is 12.2 Å². The Bertz CT molecular complexity index is 531. The van der Waals surface area contributed by atoms with Crippen molar-refractivity contribution >= 4 is 24.0 Å². The van der Waals surface area contributed by atoms with Crippen LogP contribution in [0.4, 0.5) is 9.59 Å². The first-order valence-corrected chi connectivity index (χ1v) is 11.1. The number of primary amides is 2. The molecular formula is C20H40N6O7. The molecule has 8 N–H and O–H groups in total. The van der Waals surface area contributed by atoms with Gasteiger partial charge in [-0.2, -0.15) is 0 Å². The largest absolute Gasteiger partial charge is 0.447 e. The molecule has 0 aliphatic rings. The molecule has 0 aromatic carbocycles. The number of alkyl carbamates (subject to hydrolysis) is 2. The predicted molar refractivity (Wildman–Crippen MR) is 121 cm³/mol. The second-order valence-corrected chi connectivity index (χ2v) is 7.22. The molecule has 4 amide bonds. The fraction of sp³-hybridized carbons (Fsp3) is 0.800. The normalized spacial score (nSPS) is 12.4. The zero-order chi connectivity index (χ0) is 24.9. The van der Waals surface area contributed by atoms with E-state index in [0.717, 1.165) is 12.8 Å². The summed E-state index contributed by atoms with van der Waals surface area (Å²) in [4.78, 5) is 45.2. The molecule has 0 aromatic heterocycles. The molecule has 2 atom stereocenters. The van der Waals surface area contributed by atoms with Gasteiger partial charge in [-0.05, 0) is 52.6 Å². The SMILES string of the molecule is CN[C@@H](CCCCNC(=O)OCCOCCOC(=O)NCCCC[C@H](NC)C(N)=O)C(N)=O. The van der Waals surface area contributed by atoms with Gasteiger partial charge < -0.3 is 46.9 Å². The molecular weight excluding hydrogens is 436 g/mol. The van der Waals surface area contributed by atoms with Crippen molar-refractivity contribution in [3.63, 3.8) is 0 Å². The van der Waals surface area contributed by atoms with Gasteiger partial charge in [0.05, 0.1) is 25.3 Å². The number of carbonyl (C=O) groups excluding carboxylic acids is 4. The number of likely N-dealkylation sites (N-methyl/N-ethyl adjacent to an activating group) is 2. The molecule has 0 unspecified atom stereocenters. The maximum Gasteiger partial charge on any atom is 0.407 e. The van der Waals surface area contributed by atoms with E-state index < -0.39 is 24.0 Å². The van der Waals surface area contributed by atoms with Gasteiger partial charge in [0, 0.05) is 13.1 Å². The van der Waals surface area contributed by atoms with Crippen molar-refractivity contribution in [1.29, 1.82) is 0 Å². The molecule has 0 saturated carbocycles. The lowest BCUT2D eigenvalue weighted by Gasteiger charge is -2.12. The van der Waals surface area contributed by atoms with Crippen molar-refractivity contribution in [3.05, 3.63) is 0 Å². The summed E-state index contributed by atoms with van der Waals surface area (Å²) in [5.74, 6) is -0.791. The minimum absolute atomic E-state index is 0.0699. The van der Waals surface area contributed by atoms with Crippen LogP contribution in [0.2, 0.25) is 0 Å². The Kier molecular flexibility index (Phi) is 18.4. The summed E-state index contributed by atoms with van der Waals surface area (Å²) in [6, 6.07) is -0.731. The van der Waals surface area contributed by atoms with Crippen LogP contribution in [0.1, 0.15) is 38.5 Å². The lowest BCUT2D eigenvalue weighted by atomic mass is 10.1. The fourth-order valence-corrected chi connectivity index (χ4v) is 2.78. The minimum atomic E-state index is -0.550. The molecule has 0 aliphatic heterocycles. The van der Waals surface area contributed by atoms with E-state index >= 15 is 0 Å². The van der Waals surface area contributed by atoms with E-state index in [1.807, 2.05) is 0 Å². The maximum atomic E-state index is 11.5. The first-order valence-electron chi connectivity index (χ1n) is 11.1. The number of nitrogens with two attached hydrogens (primary N) is 2. The van der Waals surface area contributed by atoms with Gasteiger partial charge in [0.2, 0.25) is 11.8 Å². The third-order valence-corrected chi connectivity index (χ3v) is 4.68. The molecule has 0 bridgehead atoms. The van der Waals surface area contributed by atoms with Crippen LogP contribution in [-0.4, -0.2) is 89.7 Å². The molecule has 13 heteroatoms. The van der Waals surface area contributed by atoms with Crippen LogP contribution in [-0.2, 0) is 23.8 Å². The molecule has 33 heavy (non-hydrogen) atoms. The van der Waals surface area contributed by atoms with E-state index in [0.29, 0.717) is 38.8 Å². The van der Waals surface area contributed by atoms with Crippen LogP contribution < -0.4 is 32.7 Å². The number of rotatable bonds is 20. The number of unbranched alkanes of at least 4 members (excludes halogenated alkanes) is 2. The Morgan fingerprint density at radius 3 is 1.39 bits per heavy atom. The Hall–Kier alpha value is -2.64. The lowest BCUT2D eigenvalue weighted by Crippen LogP contribution is -2.39. The van der Waals surface area contributed by atoms with Gasteiger partial charge in [0.15, 0.2) is 0 Å². The van der Waals surface area contributed by atoms with Gasteiger partial charge in [0.1, 0.15) is 13.2 Å². The van der Waals surface area contributed by atoms with Crippen LogP contribution >= 0.6 is 0 Å². The number of amides is 4. The van der Waals surface area contributed by atoms with Crippen molar-refractivity contribution in [2.75, 3.05) is 53.6 Å². The molecule has 0 saturated heterocycles. The molecule has 0 radical (unpaired) electrons. The number of carbonyl (C=O) groups is 4. The molecule has 0 aromatic rings. The van der Waals surface area contributed by atoms with E-state index in [2.05, 4.69) is 21.3 Å². The second-order valence-electron chi connectivity index (χ2n) is 7.22. The summed E-state index contributed by atoms with van der Waals surface area (Å²) in [6.07, 6.45) is 2.96. The monoisotopic (exact) mass is 476 g/mol. The predicted octanol–water partition coefficient (Wildman–Crippen LogP) is -1.06. The fourth-order valence-electron chi connectivity index (χ4n) is 2.78. The summed E-state index contributed by atoms with van der Waals surface area (Å²) < 4.78 is 15.1. The topological polar surface area (TPSA) is 196 Å². The van der Waals surface area contributed by atoms with E-state index in [1.165, 1.54) is 0 Å². The molecule has 13 nitrogen and oxygen atoms in total. The van der Waals surface area contributed by atoms with E-state index in [-0.39, 0.29) is 38.5 Å². The second kappa shape index (κ2) is 20.0. The van der Waals surface area contributed by atoms with E-state index in [4.69, 9.17) is 25.7 Å². The van der Waals surface area contributed by atoms with E-state index in [1.54, 1.807) is 14.1 Å². The molecule has 192 valence electrons. The Morgan fingerprint density at radius 2 is 1.06 bits per heavy atom. The molecule has 0 rings (SSSR count). The van der Waals surface area contributed by atoms with Crippen molar-refractivity contribution in [2.45, 2.75) is 50.6 Å². The third kappa shape index (κ3) is 17.6. The highest BCUT2D eigenvalue weighted by molar-refractivity contribution is 5.80. The van der Waals surface area contributed by atoms with Crippen LogP contribution in [0, 0.1) is 0 Å². The molecule has 0 spiro atoms. The summed E-state index contributed by atoms with van der Waals surface area (Å²) in [5, 5.41) is 10.9. The number of hydrogen-bond acceptors (Lipinski definition) is 9. The summed E-state index contributed by atoms with van der Waals surface area (Å²) in [6.45, 7) is 1.35. The standard InChI is InChI=1S/C20H40N6O7/c1-23-15(17(21)27)7-3-5-9-25-19(29)32-13-11-31-12-14-33-20(30)26-10-6-4-8-16(24-2)18(22)28/h15-16,23-24H,3-14H2,1-2H3,(H2,21,27)(H2,22,28)(H,25,29)(H,26,30)/t15-,16-/m0/s1. The van der Waals surface area contributed by atoms with Crippen LogP contribution in [0.5, 0.6) is 0 Å². The Balaban J connectivity index is 3.50. The molecule has 0 fully saturated rings. The van der Waals surface area contributed by atoms with Gasteiger partial charge in [-0.1, -0.05) is 0 Å². The average Bonchev–Trinajstić information content (AvgIpc) is 2.77. The number of hydrogen-bond donors (Lipinski definition) is 6. The van der Waals surface area contributed by atoms with Gasteiger partial charge in [0.25, 0.3) is 0 Å². The van der Waals surface area contributed by atoms with Crippen molar-refractivity contribution in [2.24, 2.45) is 11.5 Å². The van der Waals surface area contributed by atoms with Crippen LogP contribution in [0.15, 0.2) is 0 Å². The van der Waals surface area contributed by atoms with E-state index in [9.17, 15) is 19.2 Å². The smallest absolute Gasteiger partial charge is 0.407 e. The summed E-state index contributed by atoms with van der Waals surface area (Å²) >= 11 is 0. The highest BCUT2D eigenvalue weighted by Gasteiger charge is 2.12. The first kappa shape index (κ1) is 30.4. The highest BCUT2D eigenvalue weighted by atomic mass is 16.6. The van der Waals surface area contributed by atoms with Crippen LogP contribution in [0.25, 0.3) is 0 Å². The zero-order valence-electron chi connectivity index (χ0n) is 19.7. The number of ether oxygens (including phenoxy) is 3. The lowest BCUT2D eigenvalue weighted by molar-refractivity contribution is -0.120. The first-order chi connectivity index (χ1) is 15.8. The third-order valence-electron chi connectivity index (χ3n) is 4.68. The van der Waals surface area contributed by atoms with Crippen molar-refractivity contribution in [3.8, 4) is 0 Å². The van der Waals surface area contributed by atoms with Gasteiger partial charge in [-0.15, -0.1) is 0 Å². The highest BCUT2D eigenvalue weighted by Crippen LogP contribution is 2.00. The Morgan fingerprint density at radius 1 is 0.667 bits per heavy atom. The minimum Gasteiger partial charge on any atom is -0.447 e. The molecule has 0 aliphatic carbocycles. The van der Waals surface area contributed by atoms with Crippen molar-refractivity contribution in [1.82, 2.24) is 21.3 Å². The average molecular weight is 477 g/mol. The van der Waals surface area contributed by atoms with Gasteiger partial charge in [-0.3, -0.25) is 9.59 Å². The number of nitrogens with one attached hydrogen (secondary N) is 4. The van der Waals surface area contributed by atoms with Crippen molar-refractivity contribution < 1.29 is 33.4 Å². The zero-order valence-corrected chi connectivity index (χ0v) is 19.7. The van der Waals surface area contributed by atoms with Crippen LogP contribution in [0.3, 0.4) is 0 Å².